The average molecular weight is 789 g/mol. The lowest BCUT2D eigenvalue weighted by atomic mass is 10.1. The van der Waals surface area contributed by atoms with Crippen LogP contribution in [0.25, 0.3) is 0 Å². The van der Waals surface area contributed by atoms with Crippen molar-refractivity contribution in [3.63, 3.8) is 0 Å². The van der Waals surface area contributed by atoms with Crippen molar-refractivity contribution in [1.29, 1.82) is 0 Å². The number of allylic oxidation sites excluding steroid dienone is 4. The summed E-state index contributed by atoms with van der Waals surface area (Å²) in [6, 6.07) is 0. The van der Waals surface area contributed by atoms with Crippen LogP contribution in [-0.2, 0) is 28.6 Å². The van der Waals surface area contributed by atoms with E-state index in [0.29, 0.717) is 19.3 Å². The van der Waals surface area contributed by atoms with Gasteiger partial charge in [0.15, 0.2) is 6.10 Å². The second-order valence-electron chi connectivity index (χ2n) is 16.4. The Kier molecular flexibility index (Phi) is 43.9. The van der Waals surface area contributed by atoms with Gasteiger partial charge >= 0.3 is 17.9 Å². The number of hydrogen-bond acceptors (Lipinski definition) is 6. The highest BCUT2D eigenvalue weighted by Crippen LogP contribution is 2.15. The van der Waals surface area contributed by atoms with Crippen LogP contribution in [0.15, 0.2) is 24.3 Å². The quantitative estimate of drug-likeness (QED) is 0.0265. The highest BCUT2D eigenvalue weighted by atomic mass is 16.6. The van der Waals surface area contributed by atoms with Crippen LogP contribution in [0.1, 0.15) is 258 Å². The summed E-state index contributed by atoms with van der Waals surface area (Å²) in [4.78, 5) is 37.7. The lowest BCUT2D eigenvalue weighted by molar-refractivity contribution is -0.167. The Hall–Kier alpha value is -2.11. The van der Waals surface area contributed by atoms with Crippen LogP contribution in [0.3, 0.4) is 0 Å². The standard InChI is InChI=1S/C50H92O6/c1-4-7-10-13-16-19-22-23-24-25-26-27-28-29-32-34-37-40-43-49(52)55-46-47(56-50(53)44-41-38-35-31-21-18-15-12-9-6-3)45-54-48(51)42-39-36-33-30-20-17-14-11-8-5-2/h24-27,47H,4-23,28-46H2,1-3H3/b25-24-,27-26-. The summed E-state index contributed by atoms with van der Waals surface area (Å²) in [5, 5.41) is 0. The summed E-state index contributed by atoms with van der Waals surface area (Å²) < 4.78 is 16.7. The molecular weight excluding hydrogens is 697 g/mol. The SMILES string of the molecule is CCCCCCCCC/C=C\C=C/CCCCCCCC(=O)OCC(COC(=O)CCCCCCCCCCCC)OC(=O)CCCCCCCCCCCC. The van der Waals surface area contributed by atoms with E-state index in [1.807, 2.05) is 0 Å². The Balaban J connectivity index is 4.30. The molecule has 0 fully saturated rings. The van der Waals surface area contributed by atoms with Crippen molar-refractivity contribution in [1.82, 2.24) is 0 Å². The molecule has 0 aliphatic heterocycles. The third kappa shape index (κ3) is 43.0. The number of esters is 3. The van der Waals surface area contributed by atoms with Crippen molar-refractivity contribution >= 4 is 17.9 Å². The van der Waals surface area contributed by atoms with Gasteiger partial charge in [0.05, 0.1) is 0 Å². The summed E-state index contributed by atoms with van der Waals surface area (Å²) in [5.41, 5.74) is 0. The number of rotatable bonds is 44. The number of unbranched alkanes of at least 4 members (excludes halogenated alkanes) is 30. The molecule has 0 aliphatic carbocycles. The fourth-order valence-corrected chi connectivity index (χ4v) is 7.02. The maximum Gasteiger partial charge on any atom is 0.306 e. The van der Waals surface area contributed by atoms with Gasteiger partial charge in [-0.15, -0.1) is 0 Å². The molecule has 0 radical (unpaired) electrons. The molecule has 0 heterocycles. The zero-order valence-corrected chi connectivity index (χ0v) is 37.4. The van der Waals surface area contributed by atoms with Gasteiger partial charge in [-0.1, -0.05) is 218 Å². The second kappa shape index (κ2) is 45.6. The average Bonchev–Trinajstić information content (AvgIpc) is 3.19. The third-order valence-corrected chi connectivity index (χ3v) is 10.7. The largest absolute Gasteiger partial charge is 0.462 e. The number of carbonyl (C=O) groups excluding carboxylic acids is 3. The molecule has 0 aromatic heterocycles. The molecule has 0 spiro atoms. The molecule has 0 saturated heterocycles. The van der Waals surface area contributed by atoms with Gasteiger partial charge in [0.25, 0.3) is 0 Å². The Morgan fingerprint density at radius 3 is 0.946 bits per heavy atom. The third-order valence-electron chi connectivity index (χ3n) is 10.7. The second-order valence-corrected chi connectivity index (χ2v) is 16.4. The summed E-state index contributed by atoms with van der Waals surface area (Å²) >= 11 is 0. The van der Waals surface area contributed by atoms with Crippen LogP contribution in [0.2, 0.25) is 0 Å². The lowest BCUT2D eigenvalue weighted by Gasteiger charge is -2.18. The van der Waals surface area contributed by atoms with E-state index in [0.717, 1.165) is 77.0 Å². The molecule has 0 rings (SSSR count). The number of hydrogen-bond donors (Lipinski definition) is 0. The van der Waals surface area contributed by atoms with Gasteiger partial charge in [0.1, 0.15) is 13.2 Å². The normalized spacial score (nSPS) is 12.1. The molecule has 0 amide bonds. The van der Waals surface area contributed by atoms with Crippen LogP contribution in [-0.4, -0.2) is 37.2 Å². The topological polar surface area (TPSA) is 78.9 Å². The van der Waals surface area contributed by atoms with E-state index in [9.17, 15) is 14.4 Å². The molecule has 328 valence electrons. The van der Waals surface area contributed by atoms with Crippen molar-refractivity contribution in [2.24, 2.45) is 0 Å². The number of carbonyl (C=O) groups is 3. The Morgan fingerprint density at radius 1 is 0.357 bits per heavy atom. The molecule has 0 aromatic rings. The van der Waals surface area contributed by atoms with Gasteiger partial charge in [0, 0.05) is 19.3 Å². The summed E-state index contributed by atoms with van der Waals surface area (Å²) in [7, 11) is 0. The van der Waals surface area contributed by atoms with Crippen molar-refractivity contribution in [2.75, 3.05) is 13.2 Å². The maximum atomic E-state index is 12.7. The molecule has 0 aromatic carbocycles. The monoisotopic (exact) mass is 789 g/mol. The smallest absolute Gasteiger partial charge is 0.306 e. The first kappa shape index (κ1) is 53.9. The van der Waals surface area contributed by atoms with Crippen molar-refractivity contribution in [2.45, 2.75) is 264 Å². The van der Waals surface area contributed by atoms with E-state index < -0.39 is 6.10 Å². The predicted molar refractivity (Wildman–Crippen MR) is 238 cm³/mol. The predicted octanol–water partition coefficient (Wildman–Crippen LogP) is 15.6. The highest BCUT2D eigenvalue weighted by Gasteiger charge is 2.19. The first-order chi connectivity index (χ1) is 27.5. The molecule has 6 heteroatoms. The molecule has 1 unspecified atom stereocenters. The molecule has 0 bridgehead atoms. The number of ether oxygens (including phenoxy) is 3. The molecular formula is C50H92O6. The van der Waals surface area contributed by atoms with Crippen molar-refractivity contribution < 1.29 is 28.6 Å². The lowest BCUT2D eigenvalue weighted by Crippen LogP contribution is -2.30. The Labute approximate surface area is 347 Å². The molecule has 6 nitrogen and oxygen atoms in total. The van der Waals surface area contributed by atoms with Crippen LogP contribution in [0, 0.1) is 0 Å². The van der Waals surface area contributed by atoms with Gasteiger partial charge in [-0.05, 0) is 44.9 Å². The van der Waals surface area contributed by atoms with E-state index in [2.05, 4.69) is 45.1 Å². The zero-order chi connectivity index (χ0) is 40.8. The van der Waals surface area contributed by atoms with Crippen LogP contribution >= 0.6 is 0 Å². The summed E-state index contributed by atoms with van der Waals surface area (Å²) in [5.74, 6) is -0.883. The minimum Gasteiger partial charge on any atom is -0.462 e. The fourth-order valence-electron chi connectivity index (χ4n) is 7.02. The molecule has 0 N–H and O–H groups in total. The minimum atomic E-state index is -0.769. The van der Waals surface area contributed by atoms with E-state index in [1.165, 1.54) is 141 Å². The summed E-state index contributed by atoms with van der Waals surface area (Å²) in [6.07, 6.45) is 50.2. The van der Waals surface area contributed by atoms with E-state index in [1.54, 1.807) is 0 Å². The van der Waals surface area contributed by atoms with E-state index >= 15 is 0 Å². The van der Waals surface area contributed by atoms with Gasteiger partial charge in [-0.3, -0.25) is 14.4 Å². The molecule has 1 atom stereocenters. The van der Waals surface area contributed by atoms with Gasteiger partial charge in [-0.25, -0.2) is 0 Å². The van der Waals surface area contributed by atoms with Crippen LogP contribution < -0.4 is 0 Å². The van der Waals surface area contributed by atoms with E-state index in [4.69, 9.17) is 14.2 Å². The first-order valence-corrected chi connectivity index (χ1v) is 24.4. The maximum absolute atomic E-state index is 12.7. The highest BCUT2D eigenvalue weighted by molar-refractivity contribution is 5.71. The van der Waals surface area contributed by atoms with Crippen molar-refractivity contribution in [3.8, 4) is 0 Å². The molecule has 0 saturated carbocycles. The van der Waals surface area contributed by atoms with Gasteiger partial charge in [0.2, 0.25) is 0 Å². The van der Waals surface area contributed by atoms with Crippen molar-refractivity contribution in [3.05, 3.63) is 24.3 Å². The van der Waals surface area contributed by atoms with E-state index in [-0.39, 0.29) is 31.1 Å². The van der Waals surface area contributed by atoms with Gasteiger partial charge in [-0.2, -0.15) is 0 Å². The molecule has 56 heavy (non-hydrogen) atoms. The summed E-state index contributed by atoms with van der Waals surface area (Å²) in [6.45, 7) is 6.61. The minimum absolute atomic E-state index is 0.0723. The Bertz CT molecular complexity index is 911. The van der Waals surface area contributed by atoms with Crippen LogP contribution in [0.4, 0.5) is 0 Å². The molecule has 0 aliphatic rings. The Morgan fingerprint density at radius 2 is 0.625 bits per heavy atom. The van der Waals surface area contributed by atoms with Gasteiger partial charge < -0.3 is 14.2 Å². The first-order valence-electron chi connectivity index (χ1n) is 24.4. The van der Waals surface area contributed by atoms with Crippen LogP contribution in [0.5, 0.6) is 0 Å². The zero-order valence-electron chi connectivity index (χ0n) is 37.4. The fraction of sp³-hybridized carbons (Fsp3) is 0.860.